The summed E-state index contributed by atoms with van der Waals surface area (Å²) in [5.74, 6) is 2.63. The number of nitrogens with one attached hydrogen (secondary N) is 2. The molecular weight excluding hydrogens is 470 g/mol. The molecule has 5 nitrogen and oxygen atoms in total. The Morgan fingerprint density at radius 1 is 1.00 bits per heavy atom. The molecule has 1 amide bonds. The molecule has 2 atom stereocenters. The van der Waals surface area contributed by atoms with Crippen LogP contribution in [0.25, 0.3) is 10.9 Å². The van der Waals surface area contributed by atoms with Gasteiger partial charge in [-0.25, -0.2) is 0 Å². The van der Waals surface area contributed by atoms with E-state index in [1.165, 1.54) is 0 Å². The van der Waals surface area contributed by atoms with Crippen LogP contribution in [0, 0.1) is 12.3 Å². The van der Waals surface area contributed by atoms with E-state index in [2.05, 4.69) is 23.1 Å². The monoisotopic (exact) mass is 503 g/mol. The van der Waals surface area contributed by atoms with Crippen LogP contribution in [0.4, 0.5) is 0 Å². The van der Waals surface area contributed by atoms with Gasteiger partial charge in [-0.05, 0) is 80.6 Å². The van der Waals surface area contributed by atoms with E-state index in [9.17, 15) is 9.59 Å². The Morgan fingerprint density at radius 2 is 1.82 bits per heavy atom. The minimum Gasteiger partial charge on any atom is -0.351 e. The van der Waals surface area contributed by atoms with E-state index >= 15 is 0 Å². The predicted molar refractivity (Wildman–Crippen MR) is 152 cm³/mol. The molecule has 1 fully saturated rings. The molecule has 38 heavy (non-hydrogen) atoms. The Labute approximate surface area is 224 Å². The summed E-state index contributed by atoms with van der Waals surface area (Å²) in [5, 5.41) is 4.74. The minimum absolute atomic E-state index is 0.0118. The number of benzene rings is 3. The molecular formula is C33H33N3O2. The quantitative estimate of drug-likeness (QED) is 0.231. The summed E-state index contributed by atoms with van der Waals surface area (Å²) in [7, 11) is 0. The highest BCUT2D eigenvalue weighted by molar-refractivity contribution is 6.09. The average Bonchev–Trinajstić information content (AvgIpc) is 3.41. The standard InChI is InChI=1S/C33H33N3O2/c1-3-23-15-17-25(18-16-23)32(37)27-11-7-9-24(19-27)22-34-28-12-8-13-29(21-28)36(4-2)33(38)31-20-26-10-5-6-14-30(26)35-31/h1,5-7,9-11,14-20,28-29,34-35H,4,8,12-13,21-22H2,2H3. The van der Waals surface area contributed by atoms with Crippen LogP contribution in [0.5, 0.6) is 0 Å². The number of ketones is 1. The zero-order valence-corrected chi connectivity index (χ0v) is 21.7. The third-order valence-corrected chi connectivity index (χ3v) is 7.55. The third kappa shape index (κ3) is 5.56. The molecule has 2 unspecified atom stereocenters. The van der Waals surface area contributed by atoms with Gasteiger partial charge < -0.3 is 15.2 Å². The van der Waals surface area contributed by atoms with Crippen molar-refractivity contribution in [2.24, 2.45) is 0 Å². The first-order valence-electron chi connectivity index (χ1n) is 13.4. The van der Waals surface area contributed by atoms with Gasteiger partial charge >= 0.3 is 0 Å². The molecule has 1 aliphatic carbocycles. The van der Waals surface area contributed by atoms with Crippen LogP contribution < -0.4 is 5.32 Å². The van der Waals surface area contributed by atoms with Crippen molar-refractivity contribution in [3.05, 3.63) is 107 Å². The van der Waals surface area contributed by atoms with E-state index in [4.69, 9.17) is 6.42 Å². The summed E-state index contributed by atoms with van der Waals surface area (Å²) >= 11 is 0. The van der Waals surface area contributed by atoms with Crippen molar-refractivity contribution in [3.63, 3.8) is 0 Å². The molecule has 4 aromatic rings. The van der Waals surface area contributed by atoms with Gasteiger partial charge in [0.25, 0.3) is 5.91 Å². The highest BCUT2D eigenvalue weighted by atomic mass is 16.2. The van der Waals surface area contributed by atoms with E-state index in [0.29, 0.717) is 36.0 Å². The van der Waals surface area contributed by atoms with Crippen molar-refractivity contribution in [2.75, 3.05) is 6.54 Å². The van der Waals surface area contributed by atoms with Crippen LogP contribution in [-0.4, -0.2) is 40.2 Å². The molecule has 5 rings (SSSR count). The number of aromatic amines is 1. The fourth-order valence-electron chi connectivity index (χ4n) is 5.51. The SMILES string of the molecule is C#Cc1ccc(C(=O)c2cccc(CNC3CCCC(N(CC)C(=O)c4cc5ccccc5[nH]4)C3)c2)cc1. The number of carbonyl (C=O) groups excluding carboxylic acids is 2. The van der Waals surface area contributed by atoms with Gasteiger partial charge in [-0.2, -0.15) is 0 Å². The van der Waals surface area contributed by atoms with Gasteiger partial charge in [0.1, 0.15) is 5.69 Å². The zero-order chi connectivity index (χ0) is 26.5. The molecule has 192 valence electrons. The van der Waals surface area contributed by atoms with E-state index in [1.54, 1.807) is 24.3 Å². The summed E-state index contributed by atoms with van der Waals surface area (Å²) in [4.78, 5) is 31.7. The first kappa shape index (κ1) is 25.5. The molecule has 1 heterocycles. The largest absolute Gasteiger partial charge is 0.351 e. The molecule has 1 aliphatic rings. The maximum atomic E-state index is 13.4. The Balaban J connectivity index is 1.21. The molecule has 0 spiro atoms. The lowest BCUT2D eigenvalue weighted by Gasteiger charge is -2.37. The van der Waals surface area contributed by atoms with E-state index in [1.807, 2.05) is 59.5 Å². The minimum atomic E-state index is -0.0118. The summed E-state index contributed by atoms with van der Waals surface area (Å²) in [6.45, 7) is 3.41. The van der Waals surface area contributed by atoms with Crippen molar-refractivity contribution < 1.29 is 9.59 Å². The topological polar surface area (TPSA) is 65.2 Å². The van der Waals surface area contributed by atoms with Gasteiger partial charge in [0.2, 0.25) is 0 Å². The Kier molecular flexibility index (Phi) is 7.72. The van der Waals surface area contributed by atoms with Crippen molar-refractivity contribution in [1.82, 2.24) is 15.2 Å². The molecule has 3 aromatic carbocycles. The molecule has 2 N–H and O–H groups in total. The fourth-order valence-corrected chi connectivity index (χ4v) is 5.51. The highest BCUT2D eigenvalue weighted by Crippen LogP contribution is 2.26. The van der Waals surface area contributed by atoms with Crippen LogP contribution in [0.15, 0.2) is 78.9 Å². The highest BCUT2D eigenvalue weighted by Gasteiger charge is 2.30. The van der Waals surface area contributed by atoms with Crippen LogP contribution in [0.1, 0.15) is 70.1 Å². The third-order valence-electron chi connectivity index (χ3n) is 7.55. The number of H-pyrrole nitrogens is 1. The molecule has 1 aromatic heterocycles. The summed E-state index contributed by atoms with van der Waals surface area (Å²) in [6.07, 6.45) is 9.51. The van der Waals surface area contributed by atoms with Crippen molar-refractivity contribution >= 4 is 22.6 Å². The molecule has 0 bridgehead atoms. The lowest BCUT2D eigenvalue weighted by Crippen LogP contribution is -2.46. The van der Waals surface area contributed by atoms with Crippen LogP contribution in [-0.2, 0) is 6.54 Å². The molecule has 5 heteroatoms. The number of fused-ring (bicyclic) bond motifs is 1. The van der Waals surface area contributed by atoms with Crippen molar-refractivity contribution in [1.29, 1.82) is 0 Å². The van der Waals surface area contributed by atoms with Crippen LogP contribution in [0.3, 0.4) is 0 Å². The first-order valence-corrected chi connectivity index (χ1v) is 13.4. The molecule has 0 aliphatic heterocycles. The number of para-hydroxylation sites is 1. The first-order chi connectivity index (χ1) is 18.6. The van der Waals surface area contributed by atoms with Gasteiger partial charge in [-0.15, -0.1) is 6.42 Å². The summed E-state index contributed by atoms with van der Waals surface area (Å²) in [5.41, 5.74) is 4.76. The van der Waals surface area contributed by atoms with E-state index in [-0.39, 0.29) is 17.7 Å². The summed E-state index contributed by atoms with van der Waals surface area (Å²) < 4.78 is 0. The van der Waals surface area contributed by atoms with Crippen LogP contribution in [0.2, 0.25) is 0 Å². The predicted octanol–water partition coefficient (Wildman–Crippen LogP) is 5.94. The van der Waals surface area contributed by atoms with Gasteiger partial charge in [-0.3, -0.25) is 9.59 Å². The smallest absolute Gasteiger partial charge is 0.270 e. The van der Waals surface area contributed by atoms with E-state index in [0.717, 1.165) is 47.7 Å². The molecule has 1 saturated carbocycles. The average molecular weight is 504 g/mol. The normalized spacial score (nSPS) is 17.2. The number of aromatic nitrogens is 1. The number of terminal acetylenes is 1. The molecule has 0 radical (unpaired) electrons. The van der Waals surface area contributed by atoms with Crippen molar-refractivity contribution in [2.45, 2.75) is 51.2 Å². The lowest BCUT2D eigenvalue weighted by atomic mass is 9.89. The Bertz CT molecular complexity index is 1450. The van der Waals surface area contributed by atoms with E-state index < -0.39 is 0 Å². The number of carbonyl (C=O) groups is 2. The lowest BCUT2D eigenvalue weighted by molar-refractivity contribution is 0.0623. The Morgan fingerprint density at radius 3 is 2.58 bits per heavy atom. The number of nitrogens with zero attached hydrogens (tertiary/aromatic N) is 1. The fraction of sp³-hybridized carbons (Fsp3) is 0.273. The zero-order valence-electron chi connectivity index (χ0n) is 21.7. The van der Waals surface area contributed by atoms with Crippen molar-refractivity contribution in [3.8, 4) is 12.3 Å². The molecule has 0 saturated heterocycles. The number of amides is 1. The van der Waals surface area contributed by atoms with Crippen LogP contribution >= 0.6 is 0 Å². The second kappa shape index (κ2) is 11.5. The van der Waals surface area contributed by atoms with Gasteiger partial charge in [0.05, 0.1) is 0 Å². The number of hydrogen-bond acceptors (Lipinski definition) is 3. The Hall–Kier alpha value is -4.14. The van der Waals surface area contributed by atoms with Gasteiger partial charge in [-0.1, -0.05) is 42.3 Å². The second-order valence-corrected chi connectivity index (χ2v) is 10.0. The number of rotatable bonds is 8. The maximum absolute atomic E-state index is 13.4. The van der Waals surface area contributed by atoms with Gasteiger partial charge in [0, 0.05) is 52.8 Å². The maximum Gasteiger partial charge on any atom is 0.270 e. The van der Waals surface area contributed by atoms with Gasteiger partial charge in [0.15, 0.2) is 5.78 Å². The number of hydrogen-bond donors (Lipinski definition) is 2. The summed E-state index contributed by atoms with van der Waals surface area (Å²) in [6, 6.07) is 25.4. The second-order valence-electron chi connectivity index (χ2n) is 10.0.